The van der Waals surface area contributed by atoms with Crippen LogP contribution in [0.4, 0.5) is 5.69 Å². The van der Waals surface area contributed by atoms with E-state index < -0.39 is 0 Å². The fourth-order valence-electron chi connectivity index (χ4n) is 2.22. The van der Waals surface area contributed by atoms with Gasteiger partial charge in [-0.2, -0.15) is 0 Å². The smallest absolute Gasteiger partial charge is 0.224 e. The van der Waals surface area contributed by atoms with E-state index in [4.69, 9.17) is 23.2 Å². The summed E-state index contributed by atoms with van der Waals surface area (Å²) in [6, 6.07) is 10.3. The van der Waals surface area contributed by atoms with Gasteiger partial charge in [0.05, 0.1) is 12.2 Å². The Morgan fingerprint density at radius 3 is 2.61 bits per heavy atom. The first-order chi connectivity index (χ1) is 8.74. The standard InChI is InChI=1S/C13H11Cl2N3/c14-12-10-6-7-18(9-4-2-1-3-5-9)8-11(10)16-13(15)17-12/h1-5H,6-8H2. The zero-order valence-electron chi connectivity index (χ0n) is 9.61. The van der Waals surface area contributed by atoms with Crippen LogP contribution in [-0.2, 0) is 13.0 Å². The van der Waals surface area contributed by atoms with E-state index in [0.29, 0.717) is 5.15 Å². The van der Waals surface area contributed by atoms with Gasteiger partial charge in [0.15, 0.2) is 0 Å². The summed E-state index contributed by atoms with van der Waals surface area (Å²) < 4.78 is 0. The van der Waals surface area contributed by atoms with Crippen LogP contribution in [0.2, 0.25) is 10.4 Å². The van der Waals surface area contributed by atoms with Crippen molar-refractivity contribution in [3.8, 4) is 0 Å². The van der Waals surface area contributed by atoms with E-state index in [2.05, 4.69) is 27.0 Å². The molecule has 3 nitrogen and oxygen atoms in total. The SMILES string of the molecule is Clc1nc(Cl)c2c(n1)CN(c1ccccc1)CC2. The van der Waals surface area contributed by atoms with Gasteiger partial charge < -0.3 is 4.90 Å². The fourth-order valence-corrected chi connectivity index (χ4v) is 2.73. The van der Waals surface area contributed by atoms with Gasteiger partial charge in [0.2, 0.25) is 5.28 Å². The van der Waals surface area contributed by atoms with Crippen LogP contribution < -0.4 is 4.90 Å². The van der Waals surface area contributed by atoms with E-state index in [1.54, 1.807) is 0 Å². The zero-order valence-corrected chi connectivity index (χ0v) is 11.1. The van der Waals surface area contributed by atoms with E-state index in [9.17, 15) is 0 Å². The second-order valence-corrected chi connectivity index (χ2v) is 4.91. The van der Waals surface area contributed by atoms with Crippen molar-refractivity contribution in [2.45, 2.75) is 13.0 Å². The van der Waals surface area contributed by atoms with Gasteiger partial charge in [-0.15, -0.1) is 0 Å². The number of rotatable bonds is 1. The van der Waals surface area contributed by atoms with Crippen molar-refractivity contribution in [2.24, 2.45) is 0 Å². The van der Waals surface area contributed by atoms with Crippen LogP contribution in [-0.4, -0.2) is 16.5 Å². The monoisotopic (exact) mass is 279 g/mol. The minimum atomic E-state index is 0.216. The Kier molecular flexibility index (Phi) is 3.10. The third-order valence-electron chi connectivity index (χ3n) is 3.11. The van der Waals surface area contributed by atoms with Gasteiger partial charge in [0.1, 0.15) is 5.15 Å². The number of aromatic nitrogens is 2. The number of fused-ring (bicyclic) bond motifs is 1. The molecule has 3 rings (SSSR count). The molecular weight excluding hydrogens is 269 g/mol. The van der Waals surface area contributed by atoms with Crippen LogP contribution >= 0.6 is 23.2 Å². The summed E-state index contributed by atoms with van der Waals surface area (Å²) in [7, 11) is 0. The van der Waals surface area contributed by atoms with Crippen LogP contribution in [0.25, 0.3) is 0 Å². The molecule has 0 bridgehead atoms. The third-order valence-corrected chi connectivity index (χ3v) is 3.59. The molecule has 0 radical (unpaired) electrons. The molecule has 1 aromatic heterocycles. The van der Waals surface area contributed by atoms with Crippen molar-refractivity contribution in [3.05, 3.63) is 52.0 Å². The number of benzene rings is 1. The highest BCUT2D eigenvalue weighted by atomic mass is 35.5. The molecule has 0 atom stereocenters. The van der Waals surface area contributed by atoms with Gasteiger partial charge in [0, 0.05) is 17.8 Å². The summed E-state index contributed by atoms with van der Waals surface area (Å²) in [5, 5.41) is 0.700. The second-order valence-electron chi connectivity index (χ2n) is 4.22. The van der Waals surface area contributed by atoms with Crippen LogP contribution in [0.15, 0.2) is 30.3 Å². The lowest BCUT2D eigenvalue weighted by atomic mass is 10.1. The molecule has 0 spiro atoms. The molecule has 2 heterocycles. The van der Waals surface area contributed by atoms with Gasteiger partial charge in [0.25, 0.3) is 0 Å². The lowest BCUT2D eigenvalue weighted by Gasteiger charge is -2.30. The summed E-state index contributed by atoms with van der Waals surface area (Å²) in [6.07, 6.45) is 0.847. The maximum atomic E-state index is 6.09. The number of hydrogen-bond donors (Lipinski definition) is 0. The number of nitrogens with zero attached hydrogens (tertiary/aromatic N) is 3. The number of hydrogen-bond acceptors (Lipinski definition) is 3. The summed E-state index contributed by atoms with van der Waals surface area (Å²) >= 11 is 11.9. The Bertz CT molecular complexity index is 572. The molecule has 0 amide bonds. The average Bonchev–Trinajstić information content (AvgIpc) is 2.39. The Morgan fingerprint density at radius 1 is 1.06 bits per heavy atom. The van der Waals surface area contributed by atoms with Crippen LogP contribution in [0, 0.1) is 0 Å². The molecule has 0 N–H and O–H groups in total. The van der Waals surface area contributed by atoms with Gasteiger partial charge in [-0.25, -0.2) is 9.97 Å². The molecule has 0 fully saturated rings. The van der Waals surface area contributed by atoms with Gasteiger partial charge in [-0.3, -0.25) is 0 Å². The maximum Gasteiger partial charge on any atom is 0.224 e. The van der Waals surface area contributed by atoms with Crippen molar-refractivity contribution in [2.75, 3.05) is 11.4 Å². The Morgan fingerprint density at radius 2 is 1.83 bits per heavy atom. The van der Waals surface area contributed by atoms with Gasteiger partial charge >= 0.3 is 0 Å². The summed E-state index contributed by atoms with van der Waals surface area (Å²) in [5.41, 5.74) is 3.14. The van der Waals surface area contributed by atoms with E-state index in [1.807, 2.05) is 18.2 Å². The van der Waals surface area contributed by atoms with Crippen LogP contribution in [0.5, 0.6) is 0 Å². The van der Waals surface area contributed by atoms with E-state index in [1.165, 1.54) is 5.69 Å². The third kappa shape index (κ3) is 2.16. The molecule has 0 saturated heterocycles. The summed E-state index contributed by atoms with van der Waals surface area (Å²) in [5.74, 6) is 0. The highest BCUT2D eigenvalue weighted by Crippen LogP contribution is 2.27. The first-order valence-electron chi connectivity index (χ1n) is 5.75. The Hall–Kier alpha value is -1.32. The predicted molar refractivity (Wildman–Crippen MR) is 73.2 cm³/mol. The van der Waals surface area contributed by atoms with Gasteiger partial charge in [-0.1, -0.05) is 29.8 Å². The first kappa shape index (κ1) is 11.8. The predicted octanol–water partition coefficient (Wildman–Crippen LogP) is 3.35. The van der Waals surface area contributed by atoms with Crippen molar-refractivity contribution in [1.29, 1.82) is 0 Å². The Balaban J connectivity index is 1.94. The lowest BCUT2D eigenvalue weighted by Crippen LogP contribution is -2.31. The lowest BCUT2D eigenvalue weighted by molar-refractivity contribution is 0.704. The fraction of sp³-hybridized carbons (Fsp3) is 0.231. The molecular formula is C13H11Cl2N3. The summed E-state index contributed by atoms with van der Waals surface area (Å²) in [4.78, 5) is 10.5. The Labute approximate surface area is 115 Å². The normalized spacial score (nSPS) is 14.4. The minimum absolute atomic E-state index is 0.216. The second kappa shape index (κ2) is 4.75. The summed E-state index contributed by atoms with van der Waals surface area (Å²) in [6.45, 7) is 1.64. The topological polar surface area (TPSA) is 29.0 Å². The molecule has 1 aliphatic rings. The van der Waals surface area contributed by atoms with Gasteiger partial charge in [-0.05, 0) is 30.2 Å². The molecule has 0 saturated carbocycles. The van der Waals surface area contributed by atoms with Crippen LogP contribution in [0.1, 0.15) is 11.3 Å². The number of halogens is 2. The molecule has 92 valence electrons. The van der Waals surface area contributed by atoms with E-state index >= 15 is 0 Å². The van der Waals surface area contributed by atoms with Crippen molar-refractivity contribution < 1.29 is 0 Å². The number of anilines is 1. The molecule has 18 heavy (non-hydrogen) atoms. The minimum Gasteiger partial charge on any atom is -0.365 e. The maximum absolute atomic E-state index is 6.09. The quantitative estimate of drug-likeness (QED) is 0.592. The van der Waals surface area contributed by atoms with Crippen molar-refractivity contribution in [1.82, 2.24) is 9.97 Å². The largest absolute Gasteiger partial charge is 0.365 e. The highest BCUT2D eigenvalue weighted by Gasteiger charge is 2.21. The molecule has 1 aliphatic heterocycles. The average molecular weight is 280 g/mol. The molecule has 2 aromatic rings. The molecule has 0 unspecified atom stereocenters. The van der Waals surface area contributed by atoms with Crippen molar-refractivity contribution in [3.63, 3.8) is 0 Å². The first-order valence-corrected chi connectivity index (χ1v) is 6.50. The van der Waals surface area contributed by atoms with E-state index in [-0.39, 0.29) is 5.28 Å². The molecule has 0 aliphatic carbocycles. The van der Waals surface area contributed by atoms with Crippen molar-refractivity contribution >= 4 is 28.9 Å². The molecule has 1 aromatic carbocycles. The molecule has 5 heteroatoms. The zero-order chi connectivity index (χ0) is 12.5. The number of para-hydroxylation sites is 1. The highest BCUT2D eigenvalue weighted by molar-refractivity contribution is 6.32. The van der Waals surface area contributed by atoms with E-state index in [0.717, 1.165) is 30.8 Å². The van der Waals surface area contributed by atoms with Crippen LogP contribution in [0.3, 0.4) is 0 Å².